The molecule has 1 atom stereocenters. The van der Waals surface area contributed by atoms with Crippen molar-refractivity contribution >= 4 is 56.0 Å². The summed E-state index contributed by atoms with van der Waals surface area (Å²) in [4.78, 5) is 32.8. The number of rotatable bonds is 11. The molecule has 0 aliphatic carbocycles. The third kappa shape index (κ3) is 6.94. The smallest absolute Gasteiger partial charge is 0.304 e. The van der Waals surface area contributed by atoms with Gasteiger partial charge in [0.1, 0.15) is 11.4 Å². The average molecular weight is 537 g/mol. The molecule has 0 saturated carbocycles. The number of anilines is 2. The summed E-state index contributed by atoms with van der Waals surface area (Å²) in [5, 5.41) is 36.6. The number of hydrogen-bond donors (Lipinski definition) is 2. The highest BCUT2D eigenvalue weighted by Gasteiger charge is 2.24. The van der Waals surface area contributed by atoms with Gasteiger partial charge in [-0.1, -0.05) is 19.8 Å². The normalized spacial score (nSPS) is 11.8. The number of nitro groups is 2. The molecule has 0 bridgehead atoms. The molecule has 2 aromatic rings. The Labute approximate surface area is 204 Å². The zero-order valence-electron chi connectivity index (χ0n) is 19.1. The minimum atomic E-state index is -0.786. The lowest BCUT2D eigenvalue weighted by Gasteiger charge is -2.19. The molecule has 2 rings (SSSR count). The van der Waals surface area contributed by atoms with Crippen LogP contribution in [0.2, 0.25) is 0 Å². The standard InChI is InChI=1S/C21H25BrN6O6/c1-5-6-7-12(2)23-18-10-16(24-13(3)29)17(11-20(18)34-4)25-26-21-15(22)8-14(27(30)31)9-19(21)28(32)33/h8-12,23H,5-7H2,1-4H3,(H,24,29)/t12-/m0/s1. The predicted molar refractivity (Wildman–Crippen MR) is 132 cm³/mol. The highest BCUT2D eigenvalue weighted by molar-refractivity contribution is 9.10. The third-order valence-corrected chi connectivity index (χ3v) is 5.32. The van der Waals surface area contributed by atoms with Crippen LogP contribution in [0.4, 0.5) is 34.1 Å². The van der Waals surface area contributed by atoms with E-state index in [4.69, 9.17) is 4.74 Å². The van der Waals surface area contributed by atoms with Gasteiger partial charge < -0.3 is 15.4 Å². The number of nitro benzene ring substituents is 2. The number of ether oxygens (including phenoxy) is 1. The van der Waals surface area contributed by atoms with E-state index in [-0.39, 0.29) is 27.8 Å². The van der Waals surface area contributed by atoms with Crippen molar-refractivity contribution < 1.29 is 19.4 Å². The van der Waals surface area contributed by atoms with E-state index in [0.717, 1.165) is 31.4 Å². The van der Waals surface area contributed by atoms with Crippen LogP contribution in [0.5, 0.6) is 5.75 Å². The van der Waals surface area contributed by atoms with Crippen LogP contribution in [-0.4, -0.2) is 28.9 Å². The summed E-state index contributed by atoms with van der Waals surface area (Å²) >= 11 is 3.09. The number of hydrogen-bond acceptors (Lipinski definition) is 9. The largest absolute Gasteiger partial charge is 0.495 e. The van der Waals surface area contributed by atoms with Crippen LogP contribution in [0.25, 0.3) is 0 Å². The van der Waals surface area contributed by atoms with Gasteiger partial charge in [0, 0.05) is 25.1 Å². The zero-order valence-corrected chi connectivity index (χ0v) is 20.7. The molecule has 34 heavy (non-hydrogen) atoms. The predicted octanol–water partition coefficient (Wildman–Crippen LogP) is 6.64. The summed E-state index contributed by atoms with van der Waals surface area (Å²) < 4.78 is 5.48. The SMILES string of the molecule is CCCC[C@H](C)Nc1cc(NC(C)=O)c(N=Nc2c(Br)cc([N+](=O)[O-])cc2[N+](=O)[O-])cc1OC. The summed E-state index contributed by atoms with van der Waals surface area (Å²) in [7, 11) is 1.48. The quantitative estimate of drug-likeness (QED) is 0.184. The fourth-order valence-electron chi connectivity index (χ4n) is 3.09. The number of unbranched alkanes of at least 4 members (excludes halogenated alkanes) is 1. The molecule has 0 aromatic heterocycles. The van der Waals surface area contributed by atoms with Gasteiger partial charge in [0.25, 0.3) is 5.69 Å². The molecule has 0 spiro atoms. The van der Waals surface area contributed by atoms with Crippen LogP contribution in [-0.2, 0) is 4.79 Å². The molecular weight excluding hydrogens is 512 g/mol. The molecule has 0 aliphatic rings. The van der Waals surface area contributed by atoms with E-state index in [1.807, 2.05) is 6.92 Å². The molecule has 182 valence electrons. The number of azo groups is 1. The molecule has 0 unspecified atom stereocenters. The summed E-state index contributed by atoms with van der Waals surface area (Å²) in [6.45, 7) is 5.47. The minimum absolute atomic E-state index is 0.0215. The van der Waals surface area contributed by atoms with E-state index in [0.29, 0.717) is 17.1 Å². The Morgan fingerprint density at radius 2 is 1.85 bits per heavy atom. The second-order valence-corrected chi connectivity index (χ2v) is 8.30. The summed E-state index contributed by atoms with van der Waals surface area (Å²) in [5.41, 5.74) is -0.150. The number of halogens is 1. The molecule has 0 heterocycles. The van der Waals surface area contributed by atoms with Gasteiger partial charge in [-0.3, -0.25) is 25.0 Å². The van der Waals surface area contributed by atoms with Crippen molar-refractivity contribution in [2.24, 2.45) is 10.2 Å². The maximum absolute atomic E-state index is 11.8. The molecule has 0 radical (unpaired) electrons. The number of benzene rings is 2. The summed E-state index contributed by atoms with van der Waals surface area (Å²) in [6, 6.07) is 5.23. The van der Waals surface area contributed by atoms with Crippen LogP contribution < -0.4 is 15.4 Å². The van der Waals surface area contributed by atoms with E-state index in [9.17, 15) is 25.0 Å². The van der Waals surface area contributed by atoms with Crippen LogP contribution in [0.15, 0.2) is 39.0 Å². The van der Waals surface area contributed by atoms with Crippen molar-refractivity contribution in [2.75, 3.05) is 17.7 Å². The minimum Gasteiger partial charge on any atom is -0.495 e. The number of nitrogens with one attached hydrogen (secondary N) is 2. The van der Waals surface area contributed by atoms with E-state index >= 15 is 0 Å². The molecule has 2 N–H and O–H groups in total. The molecule has 1 amide bonds. The highest BCUT2D eigenvalue weighted by Crippen LogP contribution is 2.42. The Bertz CT molecular complexity index is 1120. The second kappa shape index (κ2) is 12.0. The average Bonchev–Trinajstić information content (AvgIpc) is 2.76. The Balaban J connectivity index is 2.55. The van der Waals surface area contributed by atoms with E-state index < -0.39 is 21.2 Å². The molecule has 2 aromatic carbocycles. The number of nitrogens with zero attached hydrogens (tertiary/aromatic N) is 4. The number of carbonyl (C=O) groups excluding carboxylic acids is 1. The highest BCUT2D eigenvalue weighted by atomic mass is 79.9. The number of carbonyl (C=O) groups is 1. The topological polar surface area (TPSA) is 161 Å². The van der Waals surface area contributed by atoms with Gasteiger partial charge in [-0.25, -0.2) is 0 Å². The maximum Gasteiger partial charge on any atom is 0.304 e. The van der Waals surface area contributed by atoms with Gasteiger partial charge in [-0.15, -0.1) is 10.2 Å². The van der Waals surface area contributed by atoms with Crippen molar-refractivity contribution in [1.29, 1.82) is 0 Å². The summed E-state index contributed by atoms with van der Waals surface area (Å²) in [5.74, 6) is 0.0813. The molecule has 0 fully saturated rings. The van der Waals surface area contributed by atoms with Crippen molar-refractivity contribution in [1.82, 2.24) is 0 Å². The Kier molecular flexibility index (Phi) is 9.42. The molecule has 0 saturated heterocycles. The first kappa shape index (κ1) is 26.6. The van der Waals surface area contributed by atoms with Gasteiger partial charge >= 0.3 is 5.69 Å². The number of methoxy groups -OCH3 is 1. The van der Waals surface area contributed by atoms with E-state index in [1.165, 1.54) is 20.1 Å². The van der Waals surface area contributed by atoms with Crippen molar-refractivity contribution in [3.63, 3.8) is 0 Å². The first-order chi connectivity index (χ1) is 16.1. The lowest BCUT2D eigenvalue weighted by Crippen LogP contribution is -2.16. The van der Waals surface area contributed by atoms with Crippen LogP contribution in [0.1, 0.15) is 40.0 Å². The van der Waals surface area contributed by atoms with E-state index in [2.05, 4.69) is 43.7 Å². The van der Waals surface area contributed by atoms with Crippen molar-refractivity contribution in [3.8, 4) is 5.75 Å². The van der Waals surface area contributed by atoms with Crippen LogP contribution in [0, 0.1) is 20.2 Å². The second-order valence-electron chi connectivity index (χ2n) is 7.45. The van der Waals surface area contributed by atoms with Crippen molar-refractivity contribution in [2.45, 2.75) is 46.1 Å². The maximum atomic E-state index is 11.8. The van der Waals surface area contributed by atoms with E-state index in [1.54, 1.807) is 6.07 Å². The van der Waals surface area contributed by atoms with Gasteiger partial charge in [-0.05, 0) is 35.3 Å². The number of amides is 1. The first-order valence-electron chi connectivity index (χ1n) is 10.4. The van der Waals surface area contributed by atoms with Crippen molar-refractivity contribution in [3.05, 3.63) is 49.0 Å². The lowest BCUT2D eigenvalue weighted by atomic mass is 10.1. The Morgan fingerprint density at radius 3 is 2.41 bits per heavy atom. The lowest BCUT2D eigenvalue weighted by molar-refractivity contribution is -0.393. The molecule has 0 aliphatic heterocycles. The van der Waals surface area contributed by atoms with Crippen LogP contribution in [0.3, 0.4) is 0 Å². The van der Waals surface area contributed by atoms with Gasteiger partial charge in [-0.2, -0.15) is 0 Å². The number of non-ortho nitro benzene ring substituents is 1. The zero-order chi connectivity index (χ0) is 25.4. The third-order valence-electron chi connectivity index (χ3n) is 4.71. The summed E-state index contributed by atoms with van der Waals surface area (Å²) in [6.07, 6.45) is 3.04. The molecular formula is C21H25BrN6O6. The monoisotopic (exact) mass is 536 g/mol. The van der Waals surface area contributed by atoms with Gasteiger partial charge in [0.15, 0.2) is 5.69 Å². The Morgan fingerprint density at radius 1 is 1.15 bits per heavy atom. The first-order valence-corrected chi connectivity index (χ1v) is 11.2. The van der Waals surface area contributed by atoms with Gasteiger partial charge in [0.2, 0.25) is 5.91 Å². The van der Waals surface area contributed by atoms with Crippen LogP contribution >= 0.6 is 15.9 Å². The Hall–Kier alpha value is -3.61. The fraction of sp³-hybridized carbons (Fsp3) is 0.381. The molecule has 12 nitrogen and oxygen atoms in total. The fourth-order valence-corrected chi connectivity index (χ4v) is 3.61. The molecule has 13 heteroatoms. The van der Waals surface area contributed by atoms with Gasteiger partial charge in [0.05, 0.1) is 38.9 Å².